The van der Waals surface area contributed by atoms with Gasteiger partial charge in [0.2, 0.25) is 10.0 Å². The summed E-state index contributed by atoms with van der Waals surface area (Å²) in [6.07, 6.45) is 6.96. The van der Waals surface area contributed by atoms with Crippen LogP contribution in [0.5, 0.6) is 0 Å². The SMILES string of the molecule is NS(=O)(=O)c1ccc(F)c(C(=O)NC[C@H]2CC=CCC2)c1. The summed E-state index contributed by atoms with van der Waals surface area (Å²) in [5, 5.41) is 7.62. The van der Waals surface area contributed by atoms with Crippen LogP contribution >= 0.6 is 0 Å². The average Bonchev–Trinajstić information content (AvgIpc) is 2.45. The van der Waals surface area contributed by atoms with Crippen molar-refractivity contribution in [3.63, 3.8) is 0 Å². The third-order valence-corrected chi connectivity index (χ3v) is 4.35. The van der Waals surface area contributed by atoms with Crippen molar-refractivity contribution in [3.05, 3.63) is 41.7 Å². The molecule has 7 heteroatoms. The number of carbonyl (C=O) groups excluding carboxylic acids is 1. The van der Waals surface area contributed by atoms with E-state index in [1.54, 1.807) is 0 Å². The normalized spacial score (nSPS) is 18.5. The Morgan fingerprint density at radius 2 is 2.14 bits per heavy atom. The third-order valence-electron chi connectivity index (χ3n) is 3.44. The molecule has 1 aliphatic carbocycles. The van der Waals surface area contributed by atoms with E-state index in [4.69, 9.17) is 5.14 Å². The van der Waals surface area contributed by atoms with Gasteiger partial charge < -0.3 is 5.32 Å². The van der Waals surface area contributed by atoms with Crippen LogP contribution in [0.2, 0.25) is 0 Å². The quantitative estimate of drug-likeness (QED) is 0.827. The molecule has 2 rings (SSSR count). The van der Waals surface area contributed by atoms with E-state index >= 15 is 0 Å². The molecule has 21 heavy (non-hydrogen) atoms. The van der Waals surface area contributed by atoms with Gasteiger partial charge in [0.1, 0.15) is 5.82 Å². The number of primary sulfonamides is 1. The molecule has 1 atom stereocenters. The van der Waals surface area contributed by atoms with Gasteiger partial charge in [-0.2, -0.15) is 0 Å². The maximum absolute atomic E-state index is 13.7. The predicted octanol–water partition coefficient (Wildman–Crippen LogP) is 1.56. The predicted molar refractivity (Wildman–Crippen MR) is 76.6 cm³/mol. The van der Waals surface area contributed by atoms with Crippen LogP contribution in [0.3, 0.4) is 0 Å². The zero-order valence-corrected chi connectivity index (χ0v) is 12.2. The lowest BCUT2D eigenvalue weighted by Crippen LogP contribution is -2.30. The highest BCUT2D eigenvalue weighted by atomic mass is 32.2. The van der Waals surface area contributed by atoms with Gasteiger partial charge >= 0.3 is 0 Å². The second-order valence-electron chi connectivity index (χ2n) is 5.05. The molecule has 0 bridgehead atoms. The number of carbonyl (C=O) groups is 1. The molecule has 0 fully saturated rings. The fourth-order valence-electron chi connectivity index (χ4n) is 2.23. The number of rotatable bonds is 4. The first-order valence-electron chi connectivity index (χ1n) is 6.63. The van der Waals surface area contributed by atoms with Crippen molar-refractivity contribution in [1.29, 1.82) is 0 Å². The van der Waals surface area contributed by atoms with Crippen LogP contribution in [-0.4, -0.2) is 20.9 Å². The zero-order chi connectivity index (χ0) is 15.5. The highest BCUT2D eigenvalue weighted by Crippen LogP contribution is 2.18. The standard InChI is InChI=1S/C14H17FN2O3S/c15-13-7-6-11(21(16,19)20)8-12(13)14(18)17-9-10-4-2-1-3-5-10/h1-2,6-8,10H,3-5,9H2,(H,17,18)(H2,16,19,20)/t10-/m0/s1. The maximum Gasteiger partial charge on any atom is 0.254 e. The van der Waals surface area contributed by atoms with E-state index in [2.05, 4.69) is 17.5 Å². The number of nitrogens with two attached hydrogens (primary N) is 1. The number of allylic oxidation sites excluding steroid dienone is 2. The fraction of sp³-hybridized carbons (Fsp3) is 0.357. The Bertz CT molecular complexity index is 671. The van der Waals surface area contributed by atoms with E-state index < -0.39 is 21.7 Å². The Balaban J connectivity index is 2.09. The van der Waals surface area contributed by atoms with Crippen molar-refractivity contribution in [2.75, 3.05) is 6.54 Å². The number of sulfonamides is 1. The number of hydrogen-bond acceptors (Lipinski definition) is 3. The Hall–Kier alpha value is -1.73. The Kier molecular flexibility index (Phi) is 4.74. The zero-order valence-electron chi connectivity index (χ0n) is 11.4. The molecule has 3 N–H and O–H groups in total. The topological polar surface area (TPSA) is 89.3 Å². The smallest absolute Gasteiger partial charge is 0.254 e. The summed E-state index contributed by atoms with van der Waals surface area (Å²) in [6.45, 7) is 0.433. The Morgan fingerprint density at radius 3 is 2.76 bits per heavy atom. The van der Waals surface area contributed by atoms with Crippen LogP contribution in [0, 0.1) is 11.7 Å². The lowest BCUT2D eigenvalue weighted by atomic mass is 9.94. The Labute approximate surface area is 123 Å². The van der Waals surface area contributed by atoms with Gasteiger partial charge in [0.15, 0.2) is 0 Å². The van der Waals surface area contributed by atoms with Crippen molar-refractivity contribution in [1.82, 2.24) is 5.32 Å². The first-order valence-corrected chi connectivity index (χ1v) is 8.18. The minimum absolute atomic E-state index is 0.283. The van der Waals surface area contributed by atoms with Crippen molar-refractivity contribution < 1.29 is 17.6 Å². The number of nitrogens with one attached hydrogen (secondary N) is 1. The number of amides is 1. The minimum atomic E-state index is -3.97. The molecule has 0 radical (unpaired) electrons. The van der Waals surface area contributed by atoms with Gasteiger partial charge in [0, 0.05) is 6.54 Å². The number of benzene rings is 1. The second kappa shape index (κ2) is 6.36. The average molecular weight is 312 g/mol. The molecule has 0 spiro atoms. The van der Waals surface area contributed by atoms with Crippen molar-refractivity contribution in [2.24, 2.45) is 11.1 Å². The summed E-state index contributed by atoms with van der Waals surface area (Å²) >= 11 is 0. The molecular weight excluding hydrogens is 295 g/mol. The van der Waals surface area contributed by atoms with Gasteiger partial charge in [-0.05, 0) is 43.4 Å². The largest absolute Gasteiger partial charge is 0.352 e. The molecule has 0 saturated heterocycles. The summed E-state index contributed by atoms with van der Waals surface area (Å²) in [5.41, 5.74) is -0.312. The molecule has 1 amide bonds. The van der Waals surface area contributed by atoms with Crippen LogP contribution in [-0.2, 0) is 10.0 Å². The molecule has 0 heterocycles. The van der Waals surface area contributed by atoms with Crippen LogP contribution in [0.1, 0.15) is 29.6 Å². The molecule has 1 aromatic rings. The maximum atomic E-state index is 13.7. The Morgan fingerprint density at radius 1 is 1.38 bits per heavy atom. The number of halogens is 1. The van der Waals surface area contributed by atoms with Crippen LogP contribution in [0.4, 0.5) is 4.39 Å². The van der Waals surface area contributed by atoms with Crippen molar-refractivity contribution in [3.8, 4) is 0 Å². The van der Waals surface area contributed by atoms with E-state index in [1.165, 1.54) is 0 Å². The minimum Gasteiger partial charge on any atom is -0.352 e. The van der Waals surface area contributed by atoms with Crippen molar-refractivity contribution in [2.45, 2.75) is 24.2 Å². The molecule has 0 aromatic heterocycles. The number of hydrogen-bond donors (Lipinski definition) is 2. The molecule has 5 nitrogen and oxygen atoms in total. The summed E-state index contributed by atoms with van der Waals surface area (Å²) in [7, 11) is -3.97. The molecule has 0 aliphatic heterocycles. The van der Waals surface area contributed by atoms with Gasteiger partial charge in [-0.25, -0.2) is 17.9 Å². The lowest BCUT2D eigenvalue weighted by Gasteiger charge is -2.18. The molecule has 0 saturated carbocycles. The molecule has 0 unspecified atom stereocenters. The van der Waals surface area contributed by atoms with Crippen molar-refractivity contribution >= 4 is 15.9 Å². The summed E-state index contributed by atoms with van der Waals surface area (Å²) < 4.78 is 36.1. The van der Waals surface area contributed by atoms with Crippen LogP contribution < -0.4 is 10.5 Å². The fourth-order valence-corrected chi connectivity index (χ4v) is 2.77. The molecular formula is C14H17FN2O3S. The van der Waals surface area contributed by atoms with Gasteiger partial charge in [-0.3, -0.25) is 4.79 Å². The van der Waals surface area contributed by atoms with E-state index in [0.29, 0.717) is 12.5 Å². The van der Waals surface area contributed by atoms with E-state index in [9.17, 15) is 17.6 Å². The van der Waals surface area contributed by atoms with E-state index in [1.807, 2.05) is 0 Å². The first kappa shape index (κ1) is 15.7. The summed E-state index contributed by atoms with van der Waals surface area (Å²) in [6, 6.07) is 2.92. The summed E-state index contributed by atoms with van der Waals surface area (Å²) in [5.74, 6) is -1.08. The monoisotopic (exact) mass is 312 g/mol. The van der Waals surface area contributed by atoms with Crippen LogP contribution in [0.15, 0.2) is 35.2 Å². The lowest BCUT2D eigenvalue weighted by molar-refractivity contribution is 0.0942. The van der Waals surface area contributed by atoms with Crippen LogP contribution in [0.25, 0.3) is 0 Å². The molecule has 1 aromatic carbocycles. The highest BCUT2D eigenvalue weighted by Gasteiger charge is 2.18. The highest BCUT2D eigenvalue weighted by molar-refractivity contribution is 7.89. The summed E-state index contributed by atoms with van der Waals surface area (Å²) in [4.78, 5) is 11.7. The third kappa shape index (κ3) is 4.12. The molecule has 114 valence electrons. The van der Waals surface area contributed by atoms with Gasteiger partial charge in [-0.1, -0.05) is 12.2 Å². The van der Waals surface area contributed by atoms with Gasteiger partial charge in [0.05, 0.1) is 10.5 Å². The van der Waals surface area contributed by atoms with Gasteiger partial charge in [-0.15, -0.1) is 0 Å². The first-order chi connectivity index (χ1) is 9.88. The van der Waals surface area contributed by atoms with E-state index in [0.717, 1.165) is 37.5 Å². The molecule has 1 aliphatic rings. The van der Waals surface area contributed by atoms with E-state index in [-0.39, 0.29) is 10.5 Å². The van der Waals surface area contributed by atoms with Gasteiger partial charge in [0.25, 0.3) is 5.91 Å². The second-order valence-corrected chi connectivity index (χ2v) is 6.61.